The van der Waals surface area contributed by atoms with E-state index >= 15 is 0 Å². The van der Waals surface area contributed by atoms with Gasteiger partial charge in [0.05, 0.1) is 6.54 Å². The van der Waals surface area contributed by atoms with Gasteiger partial charge in [-0.15, -0.1) is 0 Å². The van der Waals surface area contributed by atoms with Gasteiger partial charge >= 0.3 is 0 Å². The molecule has 0 aliphatic rings. The molecule has 0 atom stereocenters. The van der Waals surface area contributed by atoms with Crippen LogP contribution in [0.3, 0.4) is 0 Å². The Bertz CT molecular complexity index is 702. The lowest BCUT2D eigenvalue weighted by molar-refractivity contribution is -0.127. The van der Waals surface area contributed by atoms with Crippen LogP contribution in [-0.4, -0.2) is 25.0 Å². The van der Waals surface area contributed by atoms with Gasteiger partial charge < -0.3 is 15.4 Å². The smallest absolute Gasteiger partial charge is 0.258 e. The van der Waals surface area contributed by atoms with Crippen molar-refractivity contribution in [2.45, 2.75) is 13.5 Å². The van der Waals surface area contributed by atoms with Crippen molar-refractivity contribution in [1.82, 2.24) is 10.6 Å². The Morgan fingerprint density at radius 3 is 2.42 bits per heavy atom. The number of ether oxygens (including phenoxy) is 1. The lowest BCUT2D eigenvalue weighted by Crippen LogP contribution is -2.38. The maximum Gasteiger partial charge on any atom is 0.258 e. The van der Waals surface area contributed by atoms with Gasteiger partial charge in [0, 0.05) is 12.1 Å². The Hall–Kier alpha value is -2.89. The first kappa shape index (κ1) is 17.5. The summed E-state index contributed by atoms with van der Waals surface area (Å²) in [5.41, 5.74) is 1.48. The van der Waals surface area contributed by atoms with Crippen LogP contribution in [0.4, 0.5) is 4.39 Å². The molecule has 24 heavy (non-hydrogen) atoms. The summed E-state index contributed by atoms with van der Waals surface area (Å²) in [6, 6.07) is 13.5. The molecule has 0 spiro atoms. The summed E-state index contributed by atoms with van der Waals surface area (Å²) in [5, 5.41) is 4.99. The van der Waals surface area contributed by atoms with Gasteiger partial charge in [0.2, 0.25) is 5.91 Å². The molecule has 6 heteroatoms. The first-order valence-electron chi connectivity index (χ1n) is 7.51. The van der Waals surface area contributed by atoms with Gasteiger partial charge in [0.25, 0.3) is 5.91 Å². The van der Waals surface area contributed by atoms with Crippen LogP contribution in [0.1, 0.15) is 11.1 Å². The number of amides is 2. The quantitative estimate of drug-likeness (QED) is 0.815. The second-order valence-electron chi connectivity index (χ2n) is 5.25. The van der Waals surface area contributed by atoms with E-state index in [1.165, 1.54) is 6.07 Å². The molecule has 0 aliphatic carbocycles. The molecular weight excluding hydrogens is 311 g/mol. The molecule has 0 fully saturated rings. The van der Waals surface area contributed by atoms with E-state index in [9.17, 15) is 14.0 Å². The minimum atomic E-state index is -0.406. The van der Waals surface area contributed by atoms with Crippen molar-refractivity contribution in [3.05, 3.63) is 65.5 Å². The predicted octanol–water partition coefficient (Wildman–Crippen LogP) is 1.95. The lowest BCUT2D eigenvalue weighted by Gasteiger charge is -2.09. The van der Waals surface area contributed by atoms with Gasteiger partial charge in [0.15, 0.2) is 6.61 Å². The van der Waals surface area contributed by atoms with Crippen LogP contribution in [0, 0.1) is 12.7 Å². The molecule has 0 heterocycles. The Labute approximate surface area is 139 Å². The number of rotatable bonds is 7. The average molecular weight is 330 g/mol. The molecule has 5 nitrogen and oxygen atoms in total. The van der Waals surface area contributed by atoms with E-state index in [0.29, 0.717) is 11.3 Å². The van der Waals surface area contributed by atoms with Crippen LogP contribution in [0.5, 0.6) is 5.75 Å². The number of hydrogen-bond acceptors (Lipinski definition) is 3. The van der Waals surface area contributed by atoms with Crippen molar-refractivity contribution in [2.24, 2.45) is 0 Å². The minimum absolute atomic E-state index is 0.0707. The molecule has 0 radical (unpaired) electrons. The van der Waals surface area contributed by atoms with Crippen molar-refractivity contribution < 1.29 is 18.7 Å². The SMILES string of the molecule is Cc1ccc(OCC(=O)NCC(=O)NCc2ccccc2F)cc1. The first-order valence-corrected chi connectivity index (χ1v) is 7.51. The van der Waals surface area contributed by atoms with Crippen LogP contribution < -0.4 is 15.4 Å². The molecule has 0 unspecified atom stereocenters. The highest BCUT2D eigenvalue weighted by atomic mass is 19.1. The van der Waals surface area contributed by atoms with Crippen LogP contribution in [-0.2, 0) is 16.1 Å². The third-order valence-electron chi connectivity index (χ3n) is 3.27. The molecule has 2 aromatic rings. The molecule has 0 bridgehead atoms. The number of carbonyl (C=O) groups is 2. The standard InChI is InChI=1S/C18H19FN2O3/c1-13-6-8-15(9-7-13)24-12-18(23)21-11-17(22)20-10-14-4-2-3-5-16(14)19/h2-9H,10-12H2,1H3,(H,20,22)(H,21,23). The van der Waals surface area contributed by atoms with E-state index in [-0.39, 0.29) is 25.5 Å². The molecule has 0 aliphatic heterocycles. The van der Waals surface area contributed by atoms with Crippen molar-refractivity contribution in [2.75, 3.05) is 13.2 Å². The largest absolute Gasteiger partial charge is 0.484 e. The summed E-state index contributed by atoms with van der Waals surface area (Å²) in [4.78, 5) is 23.3. The number of carbonyl (C=O) groups excluding carboxylic acids is 2. The number of hydrogen-bond donors (Lipinski definition) is 2. The van der Waals surface area contributed by atoms with E-state index < -0.39 is 11.8 Å². The van der Waals surface area contributed by atoms with Crippen molar-refractivity contribution in [3.63, 3.8) is 0 Å². The zero-order chi connectivity index (χ0) is 17.4. The monoisotopic (exact) mass is 330 g/mol. The zero-order valence-corrected chi connectivity index (χ0v) is 13.3. The number of aryl methyl sites for hydroxylation is 1. The van der Waals surface area contributed by atoms with Crippen LogP contribution in [0.15, 0.2) is 48.5 Å². The summed E-state index contributed by atoms with van der Waals surface area (Å²) in [7, 11) is 0. The highest BCUT2D eigenvalue weighted by Gasteiger charge is 2.07. The molecule has 126 valence electrons. The van der Waals surface area contributed by atoms with E-state index in [0.717, 1.165) is 5.56 Å². The van der Waals surface area contributed by atoms with E-state index in [1.54, 1.807) is 30.3 Å². The summed E-state index contributed by atoms with van der Waals surface area (Å²) in [6.07, 6.45) is 0. The molecule has 2 N–H and O–H groups in total. The second-order valence-corrected chi connectivity index (χ2v) is 5.25. The fourth-order valence-electron chi connectivity index (χ4n) is 1.91. The Balaban J connectivity index is 1.66. The number of halogens is 1. The topological polar surface area (TPSA) is 67.4 Å². The summed E-state index contributed by atoms with van der Waals surface area (Å²) in [6.45, 7) is 1.66. The minimum Gasteiger partial charge on any atom is -0.484 e. The van der Waals surface area contributed by atoms with Gasteiger partial charge in [0.1, 0.15) is 11.6 Å². The number of nitrogens with one attached hydrogen (secondary N) is 2. The highest BCUT2D eigenvalue weighted by Crippen LogP contribution is 2.10. The van der Waals surface area contributed by atoms with Gasteiger partial charge in [-0.3, -0.25) is 9.59 Å². The van der Waals surface area contributed by atoms with Gasteiger partial charge in [-0.1, -0.05) is 35.9 Å². The molecular formula is C18H19FN2O3. The van der Waals surface area contributed by atoms with E-state index in [1.807, 2.05) is 19.1 Å². The molecule has 2 aromatic carbocycles. The van der Waals surface area contributed by atoms with Gasteiger partial charge in [-0.05, 0) is 25.1 Å². The normalized spacial score (nSPS) is 10.1. The molecule has 0 saturated heterocycles. The van der Waals surface area contributed by atoms with Crippen LogP contribution in [0.2, 0.25) is 0 Å². The third-order valence-corrected chi connectivity index (χ3v) is 3.27. The fraction of sp³-hybridized carbons (Fsp3) is 0.222. The molecule has 2 amide bonds. The van der Waals surface area contributed by atoms with Gasteiger partial charge in [-0.2, -0.15) is 0 Å². The van der Waals surface area contributed by atoms with Crippen LogP contribution in [0.25, 0.3) is 0 Å². The van der Waals surface area contributed by atoms with Gasteiger partial charge in [-0.25, -0.2) is 4.39 Å². The average Bonchev–Trinajstić information content (AvgIpc) is 2.58. The maximum atomic E-state index is 13.4. The van der Waals surface area contributed by atoms with Crippen molar-refractivity contribution >= 4 is 11.8 Å². The Kier molecular flexibility index (Phi) is 6.31. The Morgan fingerprint density at radius 1 is 1.00 bits per heavy atom. The molecule has 0 saturated carbocycles. The highest BCUT2D eigenvalue weighted by molar-refractivity contribution is 5.85. The summed E-state index contributed by atoms with van der Waals surface area (Å²) < 4.78 is 18.7. The number of benzene rings is 2. The molecule has 0 aromatic heterocycles. The van der Waals surface area contributed by atoms with E-state index in [4.69, 9.17) is 4.74 Å². The van der Waals surface area contributed by atoms with Crippen molar-refractivity contribution in [3.8, 4) is 5.75 Å². The fourth-order valence-corrected chi connectivity index (χ4v) is 1.91. The predicted molar refractivity (Wildman–Crippen MR) is 87.9 cm³/mol. The second kappa shape index (κ2) is 8.67. The first-order chi connectivity index (χ1) is 11.5. The zero-order valence-electron chi connectivity index (χ0n) is 13.3. The van der Waals surface area contributed by atoms with Crippen molar-refractivity contribution in [1.29, 1.82) is 0 Å². The summed E-state index contributed by atoms with van der Waals surface area (Å²) in [5.74, 6) is -0.605. The maximum absolute atomic E-state index is 13.4. The van der Waals surface area contributed by atoms with E-state index in [2.05, 4.69) is 10.6 Å². The summed E-state index contributed by atoms with van der Waals surface area (Å²) >= 11 is 0. The Morgan fingerprint density at radius 2 is 1.71 bits per heavy atom. The van der Waals surface area contributed by atoms with Crippen LogP contribution >= 0.6 is 0 Å². The molecule has 2 rings (SSSR count). The lowest BCUT2D eigenvalue weighted by atomic mass is 10.2. The third kappa shape index (κ3) is 5.72.